The van der Waals surface area contributed by atoms with Crippen LogP contribution in [0.15, 0.2) is 48.5 Å². The third-order valence-corrected chi connectivity index (χ3v) is 5.72. The fraction of sp³-hybridized carbons (Fsp3) is 0.480. The molecule has 0 bridgehead atoms. The number of rotatable bonds is 10. The van der Waals surface area contributed by atoms with Gasteiger partial charge in [0, 0.05) is 11.7 Å². The number of benzene rings is 2. The van der Waals surface area contributed by atoms with Crippen molar-refractivity contribution < 1.29 is 9.53 Å². The first-order chi connectivity index (χ1) is 14.2. The molecule has 0 radical (unpaired) electrons. The number of ether oxygens (including phenoxy) is 1. The molecular weight excluding hydrogens is 360 g/mol. The molecule has 0 spiro atoms. The first-order valence-electron chi connectivity index (χ1n) is 11.1. The first kappa shape index (κ1) is 21.2. The lowest BCUT2D eigenvalue weighted by Gasteiger charge is -2.41. The minimum Gasteiger partial charge on any atom is -0.494 e. The molecule has 0 saturated carbocycles. The van der Waals surface area contributed by atoms with Crippen molar-refractivity contribution in [2.24, 2.45) is 0 Å². The van der Waals surface area contributed by atoms with Gasteiger partial charge in [-0.2, -0.15) is 0 Å². The summed E-state index contributed by atoms with van der Waals surface area (Å²) in [6, 6.07) is 16.1. The molecule has 1 N–H and O–H groups in total. The van der Waals surface area contributed by atoms with E-state index in [-0.39, 0.29) is 18.1 Å². The molecular formula is C25H34N2O2. The summed E-state index contributed by atoms with van der Waals surface area (Å²) in [5.41, 5.74) is 2.68. The minimum absolute atomic E-state index is 0.0842. The maximum atomic E-state index is 13.2. The van der Waals surface area contributed by atoms with E-state index in [1.54, 1.807) is 0 Å². The molecule has 4 heteroatoms. The van der Waals surface area contributed by atoms with E-state index >= 15 is 0 Å². The van der Waals surface area contributed by atoms with E-state index < -0.39 is 0 Å². The van der Waals surface area contributed by atoms with Crippen molar-refractivity contribution in [3.63, 3.8) is 0 Å². The maximum absolute atomic E-state index is 13.2. The van der Waals surface area contributed by atoms with Gasteiger partial charge in [-0.05, 0) is 49.6 Å². The monoisotopic (exact) mass is 394 g/mol. The van der Waals surface area contributed by atoms with Gasteiger partial charge in [0.25, 0.3) is 5.91 Å². The Kier molecular flexibility index (Phi) is 7.56. The van der Waals surface area contributed by atoms with E-state index in [1.165, 1.54) is 25.7 Å². The Hall–Kier alpha value is -2.49. The SMILES string of the molecule is CCCCCCCOc1cccc(C2Nc3ccccc3C(=O)N2C(C)CC)c1. The Morgan fingerprint density at radius 1 is 1.03 bits per heavy atom. The zero-order valence-electron chi connectivity index (χ0n) is 18.0. The highest BCUT2D eigenvalue weighted by Gasteiger charge is 2.35. The molecule has 1 aliphatic heterocycles. The second kappa shape index (κ2) is 10.3. The van der Waals surface area contributed by atoms with Gasteiger partial charge in [0.15, 0.2) is 0 Å². The van der Waals surface area contributed by atoms with Crippen LogP contribution >= 0.6 is 0 Å². The number of hydrogen-bond donors (Lipinski definition) is 1. The standard InChI is InChI=1S/C25H34N2O2/c1-4-6-7-8-11-17-29-21-14-12-13-20(18-21)24-26-23-16-10-9-15-22(23)25(28)27(24)19(3)5-2/h9-10,12-16,18-19,24,26H,4-8,11,17H2,1-3H3. The predicted octanol–water partition coefficient (Wildman–Crippen LogP) is 6.40. The van der Waals surface area contributed by atoms with Crippen LogP contribution in [-0.4, -0.2) is 23.5 Å². The van der Waals surface area contributed by atoms with Crippen molar-refractivity contribution in [3.05, 3.63) is 59.7 Å². The van der Waals surface area contributed by atoms with Gasteiger partial charge in [-0.3, -0.25) is 4.79 Å². The molecule has 0 aliphatic carbocycles. The Bertz CT molecular complexity index is 805. The highest BCUT2D eigenvalue weighted by atomic mass is 16.5. The van der Waals surface area contributed by atoms with Crippen molar-refractivity contribution >= 4 is 11.6 Å². The number of carbonyl (C=O) groups is 1. The van der Waals surface area contributed by atoms with Crippen molar-refractivity contribution in [1.29, 1.82) is 0 Å². The fourth-order valence-corrected chi connectivity index (χ4v) is 3.83. The summed E-state index contributed by atoms with van der Waals surface area (Å²) in [4.78, 5) is 15.2. The number of anilines is 1. The summed E-state index contributed by atoms with van der Waals surface area (Å²) < 4.78 is 6.00. The number of carbonyl (C=O) groups excluding carboxylic acids is 1. The number of hydrogen-bond acceptors (Lipinski definition) is 3. The van der Waals surface area contributed by atoms with Crippen LogP contribution in [0.4, 0.5) is 5.69 Å². The summed E-state index contributed by atoms with van der Waals surface area (Å²) in [6.45, 7) is 7.19. The average Bonchev–Trinajstić information content (AvgIpc) is 2.76. The van der Waals surface area contributed by atoms with Gasteiger partial charge in [-0.1, -0.05) is 63.8 Å². The predicted molar refractivity (Wildman–Crippen MR) is 119 cm³/mol. The molecule has 2 aromatic rings. The second-order valence-corrected chi connectivity index (χ2v) is 7.90. The Labute approximate surface area is 175 Å². The molecule has 0 saturated heterocycles. The van der Waals surface area contributed by atoms with Crippen LogP contribution in [0.1, 0.15) is 81.4 Å². The number of nitrogens with zero attached hydrogens (tertiary/aromatic N) is 1. The molecule has 2 unspecified atom stereocenters. The van der Waals surface area contributed by atoms with Crippen LogP contribution in [0.25, 0.3) is 0 Å². The van der Waals surface area contributed by atoms with Gasteiger partial charge < -0.3 is 15.0 Å². The van der Waals surface area contributed by atoms with Crippen LogP contribution in [0.5, 0.6) is 5.75 Å². The molecule has 1 aliphatic rings. The van der Waals surface area contributed by atoms with Crippen LogP contribution in [-0.2, 0) is 0 Å². The van der Waals surface area contributed by atoms with Crippen LogP contribution in [0, 0.1) is 0 Å². The summed E-state index contributed by atoms with van der Waals surface area (Å²) in [5.74, 6) is 0.955. The fourth-order valence-electron chi connectivity index (χ4n) is 3.83. The van der Waals surface area contributed by atoms with E-state index in [9.17, 15) is 4.79 Å². The molecule has 4 nitrogen and oxygen atoms in total. The van der Waals surface area contributed by atoms with Gasteiger partial charge >= 0.3 is 0 Å². The molecule has 0 aromatic heterocycles. The molecule has 2 aromatic carbocycles. The topological polar surface area (TPSA) is 41.6 Å². The number of para-hydroxylation sites is 1. The smallest absolute Gasteiger partial charge is 0.258 e. The zero-order valence-corrected chi connectivity index (χ0v) is 18.0. The molecule has 1 heterocycles. The third kappa shape index (κ3) is 5.11. The molecule has 3 rings (SSSR count). The van der Waals surface area contributed by atoms with E-state index in [0.717, 1.165) is 42.0 Å². The third-order valence-electron chi connectivity index (χ3n) is 5.72. The number of amides is 1. The number of nitrogens with one attached hydrogen (secondary N) is 1. The quantitative estimate of drug-likeness (QED) is 0.474. The summed E-state index contributed by atoms with van der Waals surface area (Å²) in [6.07, 6.45) is 6.83. The maximum Gasteiger partial charge on any atom is 0.258 e. The Morgan fingerprint density at radius 2 is 1.83 bits per heavy atom. The number of unbranched alkanes of at least 4 members (excludes halogenated alkanes) is 4. The van der Waals surface area contributed by atoms with Crippen LogP contribution in [0.3, 0.4) is 0 Å². The highest BCUT2D eigenvalue weighted by Crippen LogP contribution is 2.35. The van der Waals surface area contributed by atoms with Crippen LogP contribution < -0.4 is 10.1 Å². The first-order valence-corrected chi connectivity index (χ1v) is 11.1. The molecule has 0 fully saturated rings. The van der Waals surface area contributed by atoms with Gasteiger partial charge in [0.2, 0.25) is 0 Å². The lowest BCUT2D eigenvalue weighted by atomic mass is 10.0. The molecule has 156 valence electrons. The highest BCUT2D eigenvalue weighted by molar-refractivity contribution is 6.01. The minimum atomic E-state index is -0.194. The second-order valence-electron chi connectivity index (χ2n) is 7.90. The number of fused-ring (bicyclic) bond motifs is 1. The van der Waals surface area contributed by atoms with Gasteiger partial charge in [0.05, 0.1) is 12.2 Å². The Morgan fingerprint density at radius 3 is 2.62 bits per heavy atom. The average molecular weight is 395 g/mol. The lowest BCUT2D eigenvalue weighted by Crippen LogP contribution is -2.47. The van der Waals surface area contributed by atoms with Crippen molar-refractivity contribution in [2.45, 2.75) is 71.5 Å². The van der Waals surface area contributed by atoms with E-state index in [1.807, 2.05) is 41.3 Å². The summed E-state index contributed by atoms with van der Waals surface area (Å²) >= 11 is 0. The summed E-state index contributed by atoms with van der Waals surface area (Å²) in [7, 11) is 0. The molecule has 2 atom stereocenters. The van der Waals surface area contributed by atoms with Crippen molar-refractivity contribution in [1.82, 2.24) is 4.90 Å². The van der Waals surface area contributed by atoms with E-state index in [4.69, 9.17) is 4.74 Å². The van der Waals surface area contributed by atoms with Gasteiger partial charge in [-0.15, -0.1) is 0 Å². The molecule has 1 amide bonds. The Balaban J connectivity index is 1.76. The zero-order chi connectivity index (χ0) is 20.6. The van der Waals surface area contributed by atoms with Crippen LogP contribution in [0.2, 0.25) is 0 Å². The van der Waals surface area contributed by atoms with Crippen molar-refractivity contribution in [2.75, 3.05) is 11.9 Å². The summed E-state index contributed by atoms with van der Waals surface area (Å²) in [5, 5.41) is 3.58. The van der Waals surface area contributed by atoms with Gasteiger partial charge in [0.1, 0.15) is 11.9 Å². The lowest BCUT2D eigenvalue weighted by molar-refractivity contribution is 0.0593. The molecule has 29 heavy (non-hydrogen) atoms. The van der Waals surface area contributed by atoms with E-state index in [2.05, 4.69) is 38.2 Å². The van der Waals surface area contributed by atoms with Crippen molar-refractivity contribution in [3.8, 4) is 5.75 Å². The van der Waals surface area contributed by atoms with Gasteiger partial charge in [-0.25, -0.2) is 0 Å². The largest absolute Gasteiger partial charge is 0.494 e. The normalized spacial score (nSPS) is 16.9. The van der Waals surface area contributed by atoms with E-state index in [0.29, 0.717) is 0 Å².